The number of hydrogen-bond donors (Lipinski definition) is 0. The standard InChI is InChI=1S/C10H18INO2/c1-3-10(13)14-9-8-12(2)7-5-4-6-11/h3H,1,4-9H2,2H3. The molecule has 0 aliphatic carbocycles. The SMILES string of the molecule is C=CC(=O)OCCN(C)CCCCI. The molecule has 0 aliphatic heterocycles. The van der Waals surface area contributed by atoms with Gasteiger partial charge in [0.25, 0.3) is 0 Å². The largest absolute Gasteiger partial charge is 0.461 e. The summed E-state index contributed by atoms with van der Waals surface area (Å²) >= 11 is 2.38. The molecule has 0 rings (SSSR count). The van der Waals surface area contributed by atoms with Crippen molar-refractivity contribution >= 4 is 28.6 Å². The molecule has 0 aliphatic rings. The molecule has 82 valence electrons. The van der Waals surface area contributed by atoms with Gasteiger partial charge in [0.1, 0.15) is 6.61 Å². The molecule has 4 heteroatoms. The normalized spacial score (nSPS) is 10.2. The Morgan fingerprint density at radius 1 is 1.50 bits per heavy atom. The first kappa shape index (κ1) is 13.9. The average Bonchev–Trinajstić information content (AvgIpc) is 2.18. The van der Waals surface area contributed by atoms with Crippen LogP contribution in [-0.4, -0.2) is 42.0 Å². The van der Waals surface area contributed by atoms with Crippen LogP contribution in [-0.2, 0) is 9.53 Å². The van der Waals surface area contributed by atoms with E-state index in [2.05, 4.69) is 34.1 Å². The molecule has 0 aromatic rings. The van der Waals surface area contributed by atoms with Crippen molar-refractivity contribution in [1.29, 1.82) is 0 Å². The van der Waals surface area contributed by atoms with Crippen LogP contribution >= 0.6 is 22.6 Å². The van der Waals surface area contributed by atoms with Crippen molar-refractivity contribution < 1.29 is 9.53 Å². The van der Waals surface area contributed by atoms with Gasteiger partial charge in [0.15, 0.2) is 0 Å². The van der Waals surface area contributed by atoms with E-state index in [0.717, 1.165) is 13.1 Å². The minimum Gasteiger partial charge on any atom is -0.461 e. The molecule has 0 atom stereocenters. The van der Waals surface area contributed by atoms with Gasteiger partial charge in [-0.3, -0.25) is 0 Å². The number of carbonyl (C=O) groups is 1. The van der Waals surface area contributed by atoms with Crippen LogP contribution in [0.3, 0.4) is 0 Å². The van der Waals surface area contributed by atoms with Gasteiger partial charge < -0.3 is 9.64 Å². The van der Waals surface area contributed by atoms with Crippen molar-refractivity contribution in [1.82, 2.24) is 4.90 Å². The van der Waals surface area contributed by atoms with Crippen molar-refractivity contribution in [2.75, 3.05) is 31.2 Å². The second-order valence-electron chi connectivity index (χ2n) is 3.07. The number of alkyl halides is 1. The number of carbonyl (C=O) groups excluding carboxylic acids is 1. The first-order valence-corrected chi connectivity index (χ1v) is 6.27. The molecule has 0 amide bonds. The molecule has 0 unspecified atom stereocenters. The van der Waals surface area contributed by atoms with Gasteiger partial charge in [-0.15, -0.1) is 0 Å². The zero-order chi connectivity index (χ0) is 10.8. The Morgan fingerprint density at radius 3 is 2.79 bits per heavy atom. The summed E-state index contributed by atoms with van der Waals surface area (Å²) in [5.41, 5.74) is 0. The van der Waals surface area contributed by atoms with E-state index in [-0.39, 0.29) is 5.97 Å². The molecule has 14 heavy (non-hydrogen) atoms. The van der Waals surface area contributed by atoms with E-state index in [1.54, 1.807) is 0 Å². The molecular weight excluding hydrogens is 293 g/mol. The summed E-state index contributed by atoms with van der Waals surface area (Å²) in [6.45, 7) is 5.64. The van der Waals surface area contributed by atoms with Gasteiger partial charge in [-0.05, 0) is 30.9 Å². The number of hydrogen-bond acceptors (Lipinski definition) is 3. The Hall–Kier alpha value is -0.100. The van der Waals surface area contributed by atoms with Crippen LogP contribution in [0.15, 0.2) is 12.7 Å². The van der Waals surface area contributed by atoms with Crippen LogP contribution in [0.2, 0.25) is 0 Å². The Bertz CT molecular complexity index is 174. The number of rotatable bonds is 8. The Morgan fingerprint density at radius 2 is 2.21 bits per heavy atom. The minimum absolute atomic E-state index is 0.342. The predicted molar refractivity (Wildman–Crippen MR) is 66.8 cm³/mol. The molecular formula is C10H18INO2. The summed E-state index contributed by atoms with van der Waals surface area (Å²) in [5.74, 6) is -0.342. The van der Waals surface area contributed by atoms with Crippen molar-refractivity contribution in [2.24, 2.45) is 0 Å². The lowest BCUT2D eigenvalue weighted by Gasteiger charge is -2.15. The number of halogens is 1. The van der Waals surface area contributed by atoms with Gasteiger partial charge in [0.2, 0.25) is 0 Å². The maximum absolute atomic E-state index is 10.7. The molecule has 0 saturated carbocycles. The summed E-state index contributed by atoms with van der Waals surface area (Å²) in [6, 6.07) is 0. The summed E-state index contributed by atoms with van der Waals surface area (Å²) in [4.78, 5) is 12.9. The summed E-state index contributed by atoms with van der Waals surface area (Å²) in [6.07, 6.45) is 3.64. The first-order valence-electron chi connectivity index (χ1n) is 4.74. The molecule has 0 aromatic heterocycles. The van der Waals surface area contributed by atoms with Gasteiger partial charge in [-0.25, -0.2) is 4.79 Å². The molecule has 0 bridgehead atoms. The van der Waals surface area contributed by atoms with Crippen molar-refractivity contribution in [3.63, 3.8) is 0 Å². The number of esters is 1. The topological polar surface area (TPSA) is 29.5 Å². The lowest BCUT2D eigenvalue weighted by atomic mass is 10.3. The maximum Gasteiger partial charge on any atom is 0.330 e. The zero-order valence-electron chi connectivity index (χ0n) is 8.67. The number of nitrogens with zero attached hydrogens (tertiary/aromatic N) is 1. The Kier molecular flexibility index (Phi) is 9.39. The Balaban J connectivity index is 3.30. The smallest absolute Gasteiger partial charge is 0.330 e. The first-order chi connectivity index (χ1) is 6.70. The third-order valence-electron chi connectivity index (χ3n) is 1.81. The highest BCUT2D eigenvalue weighted by Gasteiger charge is 1.99. The fourth-order valence-corrected chi connectivity index (χ4v) is 1.49. The molecule has 0 aromatic carbocycles. The maximum atomic E-state index is 10.7. The van der Waals surface area contributed by atoms with E-state index in [1.165, 1.54) is 23.3 Å². The lowest BCUT2D eigenvalue weighted by Crippen LogP contribution is -2.25. The van der Waals surface area contributed by atoms with E-state index in [4.69, 9.17) is 4.74 Å². The molecule has 3 nitrogen and oxygen atoms in total. The van der Waals surface area contributed by atoms with E-state index >= 15 is 0 Å². The van der Waals surface area contributed by atoms with Gasteiger partial charge >= 0.3 is 5.97 Å². The quantitative estimate of drug-likeness (QED) is 0.225. The second kappa shape index (κ2) is 9.45. The summed E-state index contributed by atoms with van der Waals surface area (Å²) in [7, 11) is 2.04. The van der Waals surface area contributed by atoms with Gasteiger partial charge in [-0.2, -0.15) is 0 Å². The van der Waals surface area contributed by atoms with Crippen LogP contribution in [0.5, 0.6) is 0 Å². The highest BCUT2D eigenvalue weighted by Crippen LogP contribution is 1.96. The van der Waals surface area contributed by atoms with Gasteiger partial charge in [0.05, 0.1) is 0 Å². The molecule has 0 fully saturated rings. The highest BCUT2D eigenvalue weighted by molar-refractivity contribution is 14.1. The number of likely N-dealkylation sites (N-methyl/N-ethyl adjacent to an activating group) is 1. The monoisotopic (exact) mass is 311 g/mol. The Labute approximate surface area is 99.6 Å². The van der Waals surface area contributed by atoms with Crippen LogP contribution in [0, 0.1) is 0 Å². The fraction of sp³-hybridized carbons (Fsp3) is 0.700. The van der Waals surface area contributed by atoms with Crippen LogP contribution in [0.1, 0.15) is 12.8 Å². The average molecular weight is 311 g/mol. The third kappa shape index (κ3) is 8.50. The van der Waals surface area contributed by atoms with Crippen molar-refractivity contribution in [2.45, 2.75) is 12.8 Å². The van der Waals surface area contributed by atoms with Crippen molar-refractivity contribution in [3.8, 4) is 0 Å². The summed E-state index contributed by atoms with van der Waals surface area (Å²) < 4.78 is 6.07. The number of ether oxygens (including phenoxy) is 1. The van der Waals surface area contributed by atoms with Gasteiger partial charge in [-0.1, -0.05) is 29.2 Å². The minimum atomic E-state index is -0.342. The molecule has 0 radical (unpaired) electrons. The fourth-order valence-electron chi connectivity index (χ4n) is 0.949. The molecule has 0 spiro atoms. The van der Waals surface area contributed by atoms with Gasteiger partial charge in [0, 0.05) is 12.6 Å². The second-order valence-corrected chi connectivity index (χ2v) is 4.15. The molecule has 0 heterocycles. The van der Waals surface area contributed by atoms with E-state index in [0.29, 0.717) is 6.61 Å². The van der Waals surface area contributed by atoms with E-state index < -0.39 is 0 Å². The van der Waals surface area contributed by atoms with Crippen LogP contribution in [0.4, 0.5) is 0 Å². The van der Waals surface area contributed by atoms with Crippen LogP contribution in [0.25, 0.3) is 0 Å². The highest BCUT2D eigenvalue weighted by atomic mass is 127. The van der Waals surface area contributed by atoms with E-state index in [1.807, 2.05) is 7.05 Å². The van der Waals surface area contributed by atoms with Crippen molar-refractivity contribution in [3.05, 3.63) is 12.7 Å². The lowest BCUT2D eigenvalue weighted by molar-refractivity contribution is -0.138. The third-order valence-corrected chi connectivity index (χ3v) is 2.57. The van der Waals surface area contributed by atoms with E-state index in [9.17, 15) is 4.79 Å². The molecule has 0 N–H and O–H groups in total. The van der Waals surface area contributed by atoms with Crippen LogP contribution < -0.4 is 0 Å². The number of unbranched alkanes of at least 4 members (excludes halogenated alkanes) is 1. The molecule has 0 saturated heterocycles. The predicted octanol–water partition coefficient (Wildman–Crippen LogP) is 1.86. The zero-order valence-corrected chi connectivity index (χ0v) is 10.8. The summed E-state index contributed by atoms with van der Waals surface area (Å²) in [5, 5.41) is 0.